The molecule has 0 N–H and O–H groups in total. The summed E-state index contributed by atoms with van der Waals surface area (Å²) < 4.78 is 5.60. The minimum absolute atomic E-state index is 0.430. The zero-order valence-electron chi connectivity index (χ0n) is 8.12. The van der Waals surface area contributed by atoms with Crippen LogP contribution in [0.5, 0.6) is 0 Å². The van der Waals surface area contributed by atoms with Crippen molar-refractivity contribution in [3.63, 3.8) is 0 Å². The fourth-order valence-corrected chi connectivity index (χ4v) is 2.19. The molecule has 0 aromatic heterocycles. The molecule has 2 rings (SSSR count). The van der Waals surface area contributed by atoms with Crippen molar-refractivity contribution in [3.05, 3.63) is 0 Å². The molecule has 70 valence electrons. The first-order valence-electron chi connectivity index (χ1n) is 5.16. The second-order valence-electron chi connectivity index (χ2n) is 4.14. The standard InChI is InChI=1S/C10H19NO/c1-8-9(2)12-7-6-11(8)10-4-3-5-10/h8-10H,3-7H2,1-2H3. The molecule has 1 aliphatic heterocycles. The second-order valence-corrected chi connectivity index (χ2v) is 4.14. The Morgan fingerprint density at radius 1 is 1.25 bits per heavy atom. The Hall–Kier alpha value is -0.0800. The van der Waals surface area contributed by atoms with Crippen LogP contribution in [0.4, 0.5) is 0 Å². The van der Waals surface area contributed by atoms with Crippen LogP contribution in [0.1, 0.15) is 33.1 Å². The molecule has 2 atom stereocenters. The quantitative estimate of drug-likeness (QED) is 0.592. The van der Waals surface area contributed by atoms with E-state index in [1.165, 1.54) is 19.3 Å². The summed E-state index contributed by atoms with van der Waals surface area (Å²) in [5.74, 6) is 0. The fraction of sp³-hybridized carbons (Fsp3) is 1.00. The zero-order valence-corrected chi connectivity index (χ0v) is 8.12. The molecule has 1 aliphatic carbocycles. The molecule has 0 aromatic rings. The molecule has 2 unspecified atom stereocenters. The summed E-state index contributed by atoms with van der Waals surface area (Å²) >= 11 is 0. The first-order valence-corrected chi connectivity index (χ1v) is 5.16. The predicted octanol–water partition coefficient (Wildman–Crippen LogP) is 1.65. The van der Waals surface area contributed by atoms with Crippen molar-refractivity contribution in [2.24, 2.45) is 0 Å². The largest absolute Gasteiger partial charge is 0.376 e. The van der Waals surface area contributed by atoms with E-state index in [-0.39, 0.29) is 0 Å². The van der Waals surface area contributed by atoms with Crippen molar-refractivity contribution < 1.29 is 4.74 Å². The predicted molar refractivity (Wildman–Crippen MR) is 49.2 cm³/mol. The van der Waals surface area contributed by atoms with Gasteiger partial charge in [-0.2, -0.15) is 0 Å². The topological polar surface area (TPSA) is 12.5 Å². The van der Waals surface area contributed by atoms with E-state index in [9.17, 15) is 0 Å². The molecule has 2 heteroatoms. The number of hydrogen-bond donors (Lipinski definition) is 0. The molecular formula is C10H19NO. The third kappa shape index (κ3) is 1.38. The van der Waals surface area contributed by atoms with Crippen LogP contribution in [0, 0.1) is 0 Å². The molecule has 0 aromatic carbocycles. The molecule has 2 aliphatic rings. The summed E-state index contributed by atoms with van der Waals surface area (Å²) in [5.41, 5.74) is 0. The lowest BCUT2D eigenvalue weighted by Gasteiger charge is -2.46. The highest BCUT2D eigenvalue weighted by molar-refractivity contribution is 4.87. The van der Waals surface area contributed by atoms with Gasteiger partial charge in [-0.15, -0.1) is 0 Å². The van der Waals surface area contributed by atoms with Crippen LogP contribution >= 0.6 is 0 Å². The average Bonchev–Trinajstić information content (AvgIpc) is 1.95. The number of morpholine rings is 1. The van der Waals surface area contributed by atoms with E-state index in [4.69, 9.17) is 4.74 Å². The van der Waals surface area contributed by atoms with Gasteiger partial charge in [0.05, 0.1) is 12.7 Å². The summed E-state index contributed by atoms with van der Waals surface area (Å²) in [5, 5.41) is 0. The first-order chi connectivity index (χ1) is 5.79. The van der Waals surface area contributed by atoms with Crippen molar-refractivity contribution in [2.75, 3.05) is 13.2 Å². The highest BCUT2D eigenvalue weighted by atomic mass is 16.5. The van der Waals surface area contributed by atoms with E-state index in [1.54, 1.807) is 0 Å². The Balaban J connectivity index is 1.93. The van der Waals surface area contributed by atoms with Gasteiger partial charge in [0.1, 0.15) is 0 Å². The van der Waals surface area contributed by atoms with Gasteiger partial charge in [-0.1, -0.05) is 6.42 Å². The molecule has 1 heterocycles. The highest BCUT2D eigenvalue weighted by Crippen LogP contribution is 2.28. The number of ether oxygens (including phenoxy) is 1. The van der Waals surface area contributed by atoms with Gasteiger partial charge in [0.2, 0.25) is 0 Å². The molecule has 0 radical (unpaired) electrons. The summed E-state index contributed by atoms with van der Waals surface area (Å²) in [6, 6.07) is 1.51. The third-order valence-electron chi connectivity index (χ3n) is 3.48. The van der Waals surface area contributed by atoms with E-state index in [0.717, 1.165) is 19.2 Å². The van der Waals surface area contributed by atoms with Gasteiger partial charge >= 0.3 is 0 Å². The molecular weight excluding hydrogens is 150 g/mol. The van der Waals surface area contributed by atoms with Gasteiger partial charge in [0, 0.05) is 18.6 Å². The van der Waals surface area contributed by atoms with E-state index in [1.807, 2.05) is 0 Å². The third-order valence-corrected chi connectivity index (χ3v) is 3.48. The van der Waals surface area contributed by atoms with Crippen molar-refractivity contribution in [1.29, 1.82) is 0 Å². The maximum atomic E-state index is 5.60. The zero-order chi connectivity index (χ0) is 8.55. The number of nitrogens with zero attached hydrogens (tertiary/aromatic N) is 1. The van der Waals surface area contributed by atoms with Crippen LogP contribution < -0.4 is 0 Å². The van der Waals surface area contributed by atoms with Gasteiger partial charge in [0.15, 0.2) is 0 Å². The summed E-state index contributed by atoms with van der Waals surface area (Å²) in [7, 11) is 0. The lowest BCUT2D eigenvalue weighted by atomic mass is 9.89. The summed E-state index contributed by atoms with van der Waals surface area (Å²) in [6.07, 6.45) is 4.69. The monoisotopic (exact) mass is 169 g/mol. The smallest absolute Gasteiger partial charge is 0.0700 e. The van der Waals surface area contributed by atoms with Crippen LogP contribution in [-0.4, -0.2) is 36.2 Å². The Bertz CT molecular complexity index is 156. The van der Waals surface area contributed by atoms with E-state index in [2.05, 4.69) is 18.7 Å². The number of hydrogen-bond acceptors (Lipinski definition) is 2. The van der Waals surface area contributed by atoms with Crippen LogP contribution in [0.2, 0.25) is 0 Å². The molecule has 12 heavy (non-hydrogen) atoms. The van der Waals surface area contributed by atoms with E-state index < -0.39 is 0 Å². The van der Waals surface area contributed by atoms with Crippen molar-refractivity contribution >= 4 is 0 Å². The molecule has 1 saturated heterocycles. The number of rotatable bonds is 1. The van der Waals surface area contributed by atoms with Crippen LogP contribution in [0.25, 0.3) is 0 Å². The molecule has 2 fully saturated rings. The van der Waals surface area contributed by atoms with Crippen molar-refractivity contribution in [1.82, 2.24) is 4.90 Å². The molecule has 1 saturated carbocycles. The Kier molecular flexibility index (Phi) is 2.37. The van der Waals surface area contributed by atoms with Gasteiger partial charge < -0.3 is 4.74 Å². The van der Waals surface area contributed by atoms with Crippen molar-refractivity contribution in [2.45, 2.75) is 51.3 Å². The Morgan fingerprint density at radius 2 is 2.00 bits per heavy atom. The Morgan fingerprint density at radius 3 is 2.58 bits per heavy atom. The molecule has 0 spiro atoms. The van der Waals surface area contributed by atoms with E-state index in [0.29, 0.717) is 12.1 Å². The lowest BCUT2D eigenvalue weighted by Crippen LogP contribution is -2.54. The lowest BCUT2D eigenvalue weighted by molar-refractivity contribution is -0.0832. The van der Waals surface area contributed by atoms with Gasteiger partial charge in [-0.3, -0.25) is 4.90 Å². The summed E-state index contributed by atoms with van der Waals surface area (Å²) in [4.78, 5) is 2.64. The molecule has 2 nitrogen and oxygen atoms in total. The second kappa shape index (κ2) is 3.35. The normalized spacial score (nSPS) is 39.5. The average molecular weight is 169 g/mol. The van der Waals surface area contributed by atoms with Gasteiger partial charge in [-0.05, 0) is 26.7 Å². The van der Waals surface area contributed by atoms with Gasteiger partial charge in [-0.25, -0.2) is 0 Å². The maximum absolute atomic E-state index is 5.60. The first kappa shape index (κ1) is 8.52. The Labute approximate surface area is 74.9 Å². The van der Waals surface area contributed by atoms with Crippen LogP contribution in [-0.2, 0) is 4.74 Å². The molecule has 0 amide bonds. The minimum atomic E-state index is 0.430. The summed E-state index contributed by atoms with van der Waals surface area (Å²) in [6.45, 7) is 6.57. The minimum Gasteiger partial charge on any atom is -0.376 e. The van der Waals surface area contributed by atoms with E-state index >= 15 is 0 Å². The van der Waals surface area contributed by atoms with Crippen LogP contribution in [0.3, 0.4) is 0 Å². The van der Waals surface area contributed by atoms with Crippen molar-refractivity contribution in [3.8, 4) is 0 Å². The van der Waals surface area contributed by atoms with Crippen LogP contribution in [0.15, 0.2) is 0 Å². The SMILES string of the molecule is CC1OCCN(C2CCC2)C1C. The fourth-order valence-electron chi connectivity index (χ4n) is 2.19. The highest BCUT2D eigenvalue weighted by Gasteiger charge is 2.33. The van der Waals surface area contributed by atoms with Gasteiger partial charge in [0.25, 0.3) is 0 Å². The molecule has 0 bridgehead atoms. The maximum Gasteiger partial charge on any atom is 0.0700 e.